The fraction of sp³-hybridized carbons (Fsp3) is 0.556. The number of ether oxygens (including phenoxy) is 1. The van der Waals surface area contributed by atoms with Crippen molar-refractivity contribution >= 4 is 17.6 Å². The van der Waals surface area contributed by atoms with E-state index in [4.69, 9.17) is 4.74 Å². The fourth-order valence-electron chi connectivity index (χ4n) is 3.15. The van der Waals surface area contributed by atoms with Crippen molar-refractivity contribution in [3.8, 4) is 5.75 Å². The third kappa shape index (κ3) is 3.99. The molecule has 0 aromatic heterocycles. The van der Waals surface area contributed by atoms with Crippen LogP contribution in [-0.4, -0.2) is 48.6 Å². The van der Waals surface area contributed by atoms with Crippen molar-refractivity contribution in [2.24, 2.45) is 0 Å². The summed E-state index contributed by atoms with van der Waals surface area (Å²) in [5.41, 5.74) is 0.792. The summed E-state index contributed by atoms with van der Waals surface area (Å²) in [4.78, 5) is 28.3. The number of nitrogens with one attached hydrogen (secondary N) is 1. The van der Waals surface area contributed by atoms with Gasteiger partial charge in [-0.2, -0.15) is 0 Å². The lowest BCUT2D eigenvalue weighted by Gasteiger charge is -2.32. The van der Waals surface area contributed by atoms with Crippen LogP contribution < -0.4 is 15.0 Å². The molecule has 1 aromatic carbocycles. The molecule has 24 heavy (non-hydrogen) atoms. The van der Waals surface area contributed by atoms with Gasteiger partial charge in [-0.3, -0.25) is 4.79 Å². The van der Waals surface area contributed by atoms with Crippen molar-refractivity contribution in [3.63, 3.8) is 0 Å². The van der Waals surface area contributed by atoms with Crippen LogP contribution in [0.4, 0.5) is 10.5 Å². The Morgan fingerprint density at radius 3 is 2.54 bits per heavy atom. The van der Waals surface area contributed by atoms with Crippen molar-refractivity contribution in [1.82, 2.24) is 10.2 Å². The predicted molar refractivity (Wildman–Crippen MR) is 94.4 cm³/mol. The Kier molecular flexibility index (Phi) is 5.70. The van der Waals surface area contributed by atoms with Crippen LogP contribution in [0.3, 0.4) is 0 Å². The van der Waals surface area contributed by atoms with E-state index < -0.39 is 0 Å². The van der Waals surface area contributed by atoms with Crippen molar-refractivity contribution in [2.45, 2.75) is 52.2 Å². The average Bonchev–Trinajstić information content (AvgIpc) is 2.86. The lowest BCUT2D eigenvalue weighted by molar-refractivity contribution is -0.117. The molecule has 0 spiro atoms. The first kappa shape index (κ1) is 18.1. The summed E-state index contributed by atoms with van der Waals surface area (Å²) in [5.74, 6) is 0.716. The Morgan fingerprint density at radius 2 is 1.96 bits per heavy atom. The zero-order valence-electron chi connectivity index (χ0n) is 15.1. The molecule has 0 bridgehead atoms. The van der Waals surface area contributed by atoms with Gasteiger partial charge < -0.3 is 19.9 Å². The molecule has 1 aliphatic heterocycles. The molecule has 2 rings (SSSR count). The van der Waals surface area contributed by atoms with Crippen molar-refractivity contribution in [1.29, 1.82) is 0 Å². The lowest BCUT2D eigenvalue weighted by atomic mass is 10.2. The number of carbonyl (C=O) groups is 2. The number of anilines is 1. The van der Waals surface area contributed by atoms with E-state index in [-0.39, 0.29) is 30.1 Å². The number of nitrogens with zero attached hydrogens (tertiary/aromatic N) is 2. The van der Waals surface area contributed by atoms with Gasteiger partial charge in [0.15, 0.2) is 0 Å². The SMILES string of the molecule is COc1cccc(N2C[C@H](NC(=O)N(C(C)C)C(C)C)CC2=O)c1. The van der Waals surface area contributed by atoms with Crippen molar-refractivity contribution < 1.29 is 14.3 Å². The summed E-state index contributed by atoms with van der Waals surface area (Å²) in [6.07, 6.45) is 0.312. The average molecular weight is 333 g/mol. The van der Waals surface area contributed by atoms with E-state index in [2.05, 4.69) is 5.32 Å². The normalized spacial score (nSPS) is 17.5. The van der Waals surface area contributed by atoms with Crippen LogP contribution in [0.5, 0.6) is 5.75 Å². The molecule has 1 N–H and O–H groups in total. The molecule has 1 aromatic rings. The first-order valence-corrected chi connectivity index (χ1v) is 8.36. The van der Waals surface area contributed by atoms with E-state index >= 15 is 0 Å². The zero-order valence-corrected chi connectivity index (χ0v) is 15.1. The first-order valence-electron chi connectivity index (χ1n) is 8.36. The smallest absolute Gasteiger partial charge is 0.318 e. The van der Waals surface area contributed by atoms with Crippen LogP contribution in [0.25, 0.3) is 0 Å². The van der Waals surface area contributed by atoms with E-state index in [9.17, 15) is 9.59 Å². The number of rotatable bonds is 5. The van der Waals surface area contributed by atoms with Crippen molar-refractivity contribution in [2.75, 3.05) is 18.6 Å². The van der Waals surface area contributed by atoms with Gasteiger partial charge in [0.1, 0.15) is 5.75 Å². The summed E-state index contributed by atoms with van der Waals surface area (Å²) in [7, 11) is 1.60. The Labute approximate surface area is 143 Å². The highest BCUT2D eigenvalue weighted by Crippen LogP contribution is 2.25. The number of methoxy groups -OCH3 is 1. The molecule has 1 heterocycles. The first-order chi connectivity index (χ1) is 11.3. The quantitative estimate of drug-likeness (QED) is 0.901. The number of hydrogen-bond donors (Lipinski definition) is 1. The van der Waals surface area contributed by atoms with Crippen LogP contribution in [0.2, 0.25) is 0 Å². The van der Waals surface area contributed by atoms with Gasteiger partial charge in [0.05, 0.1) is 13.2 Å². The Balaban J connectivity index is 2.05. The minimum atomic E-state index is -0.184. The molecular formula is C18H27N3O3. The molecular weight excluding hydrogens is 306 g/mol. The molecule has 132 valence electrons. The van der Waals surface area contributed by atoms with E-state index in [1.54, 1.807) is 16.9 Å². The number of hydrogen-bond acceptors (Lipinski definition) is 3. The standard InChI is InChI=1S/C18H27N3O3/c1-12(2)21(13(3)4)18(23)19-14-9-17(22)20(11-14)15-7-6-8-16(10-15)24-5/h6-8,10,12-14H,9,11H2,1-5H3,(H,19,23)/t14-/m1/s1. The third-order valence-corrected chi connectivity index (χ3v) is 4.16. The topological polar surface area (TPSA) is 61.9 Å². The minimum Gasteiger partial charge on any atom is -0.497 e. The molecule has 0 saturated carbocycles. The largest absolute Gasteiger partial charge is 0.497 e. The molecule has 3 amide bonds. The lowest BCUT2D eigenvalue weighted by Crippen LogP contribution is -2.51. The van der Waals surface area contributed by atoms with Crippen LogP contribution >= 0.6 is 0 Å². The Hall–Kier alpha value is -2.24. The highest BCUT2D eigenvalue weighted by Gasteiger charge is 2.33. The van der Waals surface area contributed by atoms with Gasteiger partial charge in [0.2, 0.25) is 5.91 Å². The van der Waals surface area contributed by atoms with E-state index in [1.807, 2.05) is 52.0 Å². The Bertz CT molecular complexity index is 593. The summed E-state index contributed by atoms with van der Waals surface area (Å²) < 4.78 is 5.21. The maximum Gasteiger partial charge on any atom is 0.318 e. The highest BCUT2D eigenvalue weighted by atomic mass is 16.5. The number of amides is 3. The van der Waals surface area contributed by atoms with Gasteiger partial charge >= 0.3 is 6.03 Å². The second-order valence-electron chi connectivity index (χ2n) is 6.65. The summed E-state index contributed by atoms with van der Waals surface area (Å²) in [6, 6.07) is 7.31. The molecule has 1 atom stereocenters. The number of urea groups is 1. The van der Waals surface area contributed by atoms with Crippen LogP contribution in [0.15, 0.2) is 24.3 Å². The highest BCUT2D eigenvalue weighted by molar-refractivity contribution is 5.97. The monoisotopic (exact) mass is 333 g/mol. The molecule has 1 fully saturated rings. The summed E-state index contributed by atoms with van der Waals surface area (Å²) >= 11 is 0. The van der Waals surface area contributed by atoms with E-state index in [0.29, 0.717) is 18.7 Å². The van der Waals surface area contributed by atoms with Gasteiger partial charge in [0, 0.05) is 36.8 Å². The summed E-state index contributed by atoms with van der Waals surface area (Å²) in [5, 5.41) is 2.99. The van der Waals surface area contributed by atoms with Crippen LogP contribution in [-0.2, 0) is 4.79 Å². The molecule has 1 saturated heterocycles. The van der Waals surface area contributed by atoms with Gasteiger partial charge in [-0.1, -0.05) is 6.07 Å². The van der Waals surface area contributed by atoms with Gasteiger partial charge in [-0.15, -0.1) is 0 Å². The second-order valence-corrected chi connectivity index (χ2v) is 6.65. The maximum absolute atomic E-state index is 12.5. The molecule has 6 heteroatoms. The third-order valence-electron chi connectivity index (χ3n) is 4.16. The van der Waals surface area contributed by atoms with E-state index in [1.165, 1.54) is 0 Å². The van der Waals surface area contributed by atoms with Gasteiger partial charge in [-0.05, 0) is 39.8 Å². The predicted octanol–water partition coefficient (Wildman–Crippen LogP) is 2.63. The minimum absolute atomic E-state index is 0.00852. The van der Waals surface area contributed by atoms with Gasteiger partial charge in [-0.25, -0.2) is 4.79 Å². The summed E-state index contributed by atoms with van der Waals surface area (Å²) in [6.45, 7) is 8.43. The molecule has 0 aliphatic carbocycles. The molecule has 1 aliphatic rings. The zero-order chi connectivity index (χ0) is 17.9. The van der Waals surface area contributed by atoms with Gasteiger partial charge in [0.25, 0.3) is 0 Å². The van der Waals surface area contributed by atoms with Crippen molar-refractivity contribution in [3.05, 3.63) is 24.3 Å². The van der Waals surface area contributed by atoms with E-state index in [0.717, 1.165) is 5.69 Å². The second kappa shape index (κ2) is 7.55. The molecule has 6 nitrogen and oxygen atoms in total. The Morgan fingerprint density at radius 1 is 1.29 bits per heavy atom. The number of benzene rings is 1. The molecule has 0 radical (unpaired) electrons. The fourth-order valence-corrected chi connectivity index (χ4v) is 3.15. The van der Waals surface area contributed by atoms with Crippen LogP contribution in [0.1, 0.15) is 34.1 Å². The molecule has 0 unspecified atom stereocenters. The maximum atomic E-state index is 12.5. The van der Waals surface area contributed by atoms with Crippen LogP contribution in [0, 0.1) is 0 Å². The number of carbonyl (C=O) groups excluding carboxylic acids is 2.